The van der Waals surface area contributed by atoms with Gasteiger partial charge in [-0.3, -0.25) is 9.48 Å². The second-order valence-corrected chi connectivity index (χ2v) is 5.59. The molecule has 2 aliphatic heterocycles. The molecule has 0 unspecified atom stereocenters. The van der Waals surface area contributed by atoms with Crippen LogP contribution in [-0.4, -0.2) is 34.9 Å². The van der Waals surface area contributed by atoms with Crippen molar-refractivity contribution in [3.05, 3.63) is 29.3 Å². The van der Waals surface area contributed by atoms with Crippen LogP contribution in [0.5, 0.6) is 0 Å². The number of hydrogen-bond donors (Lipinski definition) is 1. The van der Waals surface area contributed by atoms with E-state index in [9.17, 15) is 4.79 Å². The van der Waals surface area contributed by atoms with E-state index >= 15 is 0 Å². The molecule has 0 aliphatic carbocycles. The van der Waals surface area contributed by atoms with Gasteiger partial charge < -0.3 is 14.8 Å². The van der Waals surface area contributed by atoms with Crippen LogP contribution in [-0.2, 0) is 21.3 Å². The van der Waals surface area contributed by atoms with Gasteiger partial charge in [0.1, 0.15) is 11.9 Å². The average Bonchev–Trinajstić information content (AvgIpc) is 3.08. The standard InChI is InChI=1S/C15H21N3O3/c1-10-12(4-3-6-20-10)15(19)17-13-5-7-21-14(13)11-8-16-18(2)9-11/h8-9,13-14H,3-7H2,1-2H3,(H,17,19)/t13-,14+/m0/s1. The molecule has 0 bridgehead atoms. The third kappa shape index (κ3) is 2.95. The van der Waals surface area contributed by atoms with Crippen molar-refractivity contribution in [3.8, 4) is 0 Å². The average molecular weight is 291 g/mol. The first-order chi connectivity index (χ1) is 10.1. The number of hydrogen-bond acceptors (Lipinski definition) is 4. The van der Waals surface area contributed by atoms with Gasteiger partial charge in [0.15, 0.2) is 0 Å². The highest BCUT2D eigenvalue weighted by Crippen LogP contribution is 2.29. The Morgan fingerprint density at radius 3 is 3.05 bits per heavy atom. The second-order valence-electron chi connectivity index (χ2n) is 5.59. The van der Waals surface area contributed by atoms with Gasteiger partial charge in [0, 0.05) is 25.4 Å². The molecule has 114 valence electrons. The van der Waals surface area contributed by atoms with Gasteiger partial charge in [-0.2, -0.15) is 5.10 Å². The maximum atomic E-state index is 12.4. The van der Waals surface area contributed by atoms with Crippen LogP contribution in [0.1, 0.15) is 37.9 Å². The number of nitrogens with zero attached hydrogens (tertiary/aromatic N) is 2. The van der Waals surface area contributed by atoms with E-state index in [1.165, 1.54) is 0 Å². The van der Waals surface area contributed by atoms with E-state index in [-0.39, 0.29) is 18.1 Å². The lowest BCUT2D eigenvalue weighted by Gasteiger charge is -2.22. The van der Waals surface area contributed by atoms with Gasteiger partial charge in [-0.25, -0.2) is 0 Å². The van der Waals surface area contributed by atoms with Crippen LogP contribution in [0.3, 0.4) is 0 Å². The highest BCUT2D eigenvalue weighted by molar-refractivity contribution is 5.94. The molecular formula is C15H21N3O3. The summed E-state index contributed by atoms with van der Waals surface area (Å²) >= 11 is 0. The number of allylic oxidation sites excluding steroid dienone is 1. The molecule has 0 radical (unpaired) electrons. The number of carbonyl (C=O) groups excluding carboxylic acids is 1. The van der Waals surface area contributed by atoms with Crippen LogP contribution in [0.25, 0.3) is 0 Å². The van der Waals surface area contributed by atoms with Crippen LogP contribution in [0.15, 0.2) is 23.7 Å². The summed E-state index contributed by atoms with van der Waals surface area (Å²) in [6.07, 6.45) is 6.11. The predicted octanol–water partition coefficient (Wildman–Crippen LogP) is 1.45. The molecule has 2 atom stereocenters. The molecule has 1 aromatic rings. The normalized spacial score (nSPS) is 25.8. The molecule has 1 fully saturated rings. The van der Waals surface area contributed by atoms with Crippen LogP contribution in [0.4, 0.5) is 0 Å². The monoisotopic (exact) mass is 291 g/mol. The molecule has 6 heteroatoms. The van der Waals surface area contributed by atoms with E-state index in [0.717, 1.165) is 36.2 Å². The largest absolute Gasteiger partial charge is 0.498 e. The second kappa shape index (κ2) is 5.89. The Labute approximate surface area is 124 Å². The van der Waals surface area contributed by atoms with Gasteiger partial charge in [0.25, 0.3) is 5.91 Å². The van der Waals surface area contributed by atoms with Crippen LogP contribution in [0.2, 0.25) is 0 Å². The zero-order valence-electron chi connectivity index (χ0n) is 12.5. The van der Waals surface area contributed by atoms with E-state index in [1.54, 1.807) is 10.9 Å². The summed E-state index contributed by atoms with van der Waals surface area (Å²) in [5, 5.41) is 7.27. The summed E-state index contributed by atoms with van der Waals surface area (Å²) in [5.41, 5.74) is 1.77. The molecule has 0 aromatic carbocycles. The summed E-state index contributed by atoms with van der Waals surface area (Å²) in [4.78, 5) is 12.4. The predicted molar refractivity (Wildman–Crippen MR) is 76.3 cm³/mol. The summed E-state index contributed by atoms with van der Waals surface area (Å²) in [7, 11) is 1.87. The van der Waals surface area contributed by atoms with Crippen molar-refractivity contribution in [1.29, 1.82) is 0 Å². The Kier molecular flexibility index (Phi) is 3.96. The lowest BCUT2D eigenvalue weighted by molar-refractivity contribution is -0.119. The Morgan fingerprint density at radius 1 is 1.48 bits per heavy atom. The number of rotatable bonds is 3. The first kappa shape index (κ1) is 14.1. The van der Waals surface area contributed by atoms with Crippen molar-refractivity contribution in [1.82, 2.24) is 15.1 Å². The minimum absolute atomic E-state index is 0.0103. The topological polar surface area (TPSA) is 65.4 Å². The highest BCUT2D eigenvalue weighted by atomic mass is 16.5. The Bertz CT molecular complexity index is 564. The Balaban J connectivity index is 1.70. The first-order valence-corrected chi connectivity index (χ1v) is 7.38. The summed E-state index contributed by atoms with van der Waals surface area (Å²) in [6.45, 7) is 3.21. The van der Waals surface area contributed by atoms with E-state index < -0.39 is 0 Å². The van der Waals surface area contributed by atoms with E-state index in [2.05, 4.69) is 10.4 Å². The van der Waals surface area contributed by atoms with Crippen LogP contribution in [0, 0.1) is 0 Å². The third-order valence-electron chi connectivity index (χ3n) is 4.05. The third-order valence-corrected chi connectivity index (χ3v) is 4.05. The zero-order chi connectivity index (χ0) is 14.8. The van der Waals surface area contributed by atoms with Gasteiger partial charge in [-0.1, -0.05) is 0 Å². The lowest BCUT2D eigenvalue weighted by atomic mass is 10.0. The van der Waals surface area contributed by atoms with E-state index in [4.69, 9.17) is 9.47 Å². The first-order valence-electron chi connectivity index (χ1n) is 7.38. The molecule has 1 N–H and O–H groups in total. The molecule has 2 aliphatic rings. The molecule has 1 aromatic heterocycles. The van der Waals surface area contributed by atoms with Crippen LogP contribution >= 0.6 is 0 Å². The number of carbonyl (C=O) groups is 1. The van der Waals surface area contributed by atoms with Gasteiger partial charge in [0.2, 0.25) is 0 Å². The minimum Gasteiger partial charge on any atom is -0.498 e. The number of amides is 1. The molecule has 0 saturated carbocycles. The molecule has 6 nitrogen and oxygen atoms in total. The van der Waals surface area contributed by atoms with Gasteiger partial charge in [-0.05, 0) is 26.2 Å². The zero-order valence-corrected chi connectivity index (χ0v) is 12.5. The van der Waals surface area contributed by atoms with Crippen molar-refractivity contribution in [2.45, 2.75) is 38.3 Å². The van der Waals surface area contributed by atoms with Crippen molar-refractivity contribution in [2.75, 3.05) is 13.2 Å². The lowest BCUT2D eigenvalue weighted by Crippen LogP contribution is -2.38. The van der Waals surface area contributed by atoms with E-state index in [0.29, 0.717) is 13.2 Å². The smallest absolute Gasteiger partial charge is 0.250 e. The number of aryl methyl sites for hydroxylation is 1. The summed E-state index contributed by atoms with van der Waals surface area (Å²) < 4.78 is 13.0. The van der Waals surface area contributed by atoms with Gasteiger partial charge >= 0.3 is 0 Å². The van der Waals surface area contributed by atoms with Gasteiger partial charge in [0.05, 0.1) is 24.4 Å². The maximum absolute atomic E-state index is 12.4. The molecule has 3 heterocycles. The molecule has 0 spiro atoms. The van der Waals surface area contributed by atoms with Crippen molar-refractivity contribution in [2.24, 2.45) is 7.05 Å². The maximum Gasteiger partial charge on any atom is 0.250 e. The number of nitrogens with one attached hydrogen (secondary N) is 1. The molecule has 1 saturated heterocycles. The number of aromatic nitrogens is 2. The van der Waals surface area contributed by atoms with Gasteiger partial charge in [-0.15, -0.1) is 0 Å². The molecule has 21 heavy (non-hydrogen) atoms. The molecule has 1 amide bonds. The van der Waals surface area contributed by atoms with Crippen molar-refractivity contribution < 1.29 is 14.3 Å². The quantitative estimate of drug-likeness (QED) is 0.915. The van der Waals surface area contributed by atoms with E-state index in [1.807, 2.05) is 20.2 Å². The van der Waals surface area contributed by atoms with Crippen molar-refractivity contribution in [3.63, 3.8) is 0 Å². The minimum atomic E-state index is -0.118. The fourth-order valence-corrected chi connectivity index (χ4v) is 2.92. The van der Waals surface area contributed by atoms with Crippen molar-refractivity contribution >= 4 is 5.91 Å². The summed E-state index contributed by atoms with van der Waals surface area (Å²) in [6, 6.07) is -0.0103. The fraction of sp³-hybridized carbons (Fsp3) is 0.600. The SMILES string of the molecule is CC1=C(C(=O)N[C@H]2CCO[C@@H]2c2cnn(C)c2)CCCO1. The Hall–Kier alpha value is -1.82. The number of ether oxygens (including phenoxy) is 2. The van der Waals surface area contributed by atoms with Crippen LogP contribution < -0.4 is 5.32 Å². The highest BCUT2D eigenvalue weighted by Gasteiger charge is 2.33. The molecular weight excluding hydrogens is 270 g/mol. The molecule has 3 rings (SSSR count). The Morgan fingerprint density at radius 2 is 2.33 bits per heavy atom. The fourth-order valence-electron chi connectivity index (χ4n) is 2.92. The summed E-state index contributed by atoms with van der Waals surface area (Å²) in [5.74, 6) is 0.715.